The van der Waals surface area contributed by atoms with Gasteiger partial charge in [-0.1, -0.05) is 13.8 Å². The van der Waals surface area contributed by atoms with Crippen LogP contribution in [0.15, 0.2) is 0 Å². The summed E-state index contributed by atoms with van der Waals surface area (Å²) in [5.74, 6) is -0.199. The van der Waals surface area contributed by atoms with Gasteiger partial charge in [-0.3, -0.25) is 10.1 Å². The molecular weight excluding hydrogens is 222 g/mol. The summed E-state index contributed by atoms with van der Waals surface area (Å²) in [6.07, 6.45) is 0. The maximum atomic E-state index is 11.6. The van der Waals surface area contributed by atoms with Crippen LogP contribution in [0.1, 0.15) is 27.7 Å². The summed E-state index contributed by atoms with van der Waals surface area (Å²) in [6.45, 7) is 7.74. The van der Waals surface area contributed by atoms with Crippen LogP contribution >= 0.6 is 0 Å². The first-order valence-corrected chi connectivity index (χ1v) is 5.87. The third kappa shape index (κ3) is 6.23. The molecule has 0 radical (unpaired) electrons. The normalized spacial score (nSPS) is 14.2. The number of hydrogen-bond acceptors (Lipinski definition) is 4. The highest BCUT2D eigenvalue weighted by Gasteiger charge is 2.20. The van der Waals surface area contributed by atoms with E-state index >= 15 is 0 Å². The van der Waals surface area contributed by atoms with Gasteiger partial charge < -0.3 is 15.7 Å². The fourth-order valence-electron chi connectivity index (χ4n) is 1.28. The molecule has 0 heterocycles. The van der Waals surface area contributed by atoms with Crippen molar-refractivity contribution in [3.63, 3.8) is 0 Å². The summed E-state index contributed by atoms with van der Waals surface area (Å²) in [5.41, 5.74) is 0. The second-order valence-electron chi connectivity index (χ2n) is 4.27. The smallest absolute Gasteiger partial charge is 0.321 e. The van der Waals surface area contributed by atoms with Gasteiger partial charge in [0, 0.05) is 12.6 Å². The summed E-state index contributed by atoms with van der Waals surface area (Å²) in [5, 5.41) is 16.8. The van der Waals surface area contributed by atoms with E-state index in [0.717, 1.165) is 0 Å². The van der Waals surface area contributed by atoms with E-state index in [1.54, 1.807) is 13.8 Å². The van der Waals surface area contributed by atoms with E-state index in [4.69, 9.17) is 5.11 Å². The molecule has 0 aromatic rings. The molecule has 0 aromatic heterocycles. The van der Waals surface area contributed by atoms with Gasteiger partial charge in [0.25, 0.3) is 0 Å². The molecule has 6 nitrogen and oxygen atoms in total. The zero-order valence-corrected chi connectivity index (χ0v) is 10.9. The number of imide groups is 1. The first kappa shape index (κ1) is 15.9. The van der Waals surface area contributed by atoms with Crippen LogP contribution in [0.2, 0.25) is 0 Å². The Morgan fingerprint density at radius 3 is 2.24 bits per heavy atom. The minimum absolute atomic E-state index is 0.0452. The lowest BCUT2D eigenvalue weighted by Crippen LogP contribution is -2.52. The second-order valence-corrected chi connectivity index (χ2v) is 4.27. The van der Waals surface area contributed by atoms with Crippen LogP contribution < -0.4 is 16.0 Å². The zero-order valence-electron chi connectivity index (χ0n) is 10.9. The number of aliphatic hydroxyl groups is 1. The minimum Gasteiger partial charge on any atom is -0.395 e. The van der Waals surface area contributed by atoms with Crippen LogP contribution in [-0.2, 0) is 4.79 Å². The lowest BCUT2D eigenvalue weighted by Gasteiger charge is -2.23. The molecule has 1 unspecified atom stereocenters. The lowest BCUT2D eigenvalue weighted by atomic mass is 10.0. The molecule has 6 heteroatoms. The lowest BCUT2D eigenvalue weighted by molar-refractivity contribution is -0.122. The molecule has 0 fully saturated rings. The van der Waals surface area contributed by atoms with E-state index in [0.29, 0.717) is 6.54 Å². The molecule has 4 N–H and O–H groups in total. The number of amides is 3. The van der Waals surface area contributed by atoms with E-state index in [9.17, 15) is 9.59 Å². The van der Waals surface area contributed by atoms with Crippen LogP contribution in [0, 0.1) is 5.92 Å². The van der Waals surface area contributed by atoms with Crippen molar-refractivity contribution >= 4 is 11.9 Å². The molecule has 0 aliphatic rings. The van der Waals surface area contributed by atoms with Crippen LogP contribution in [0.25, 0.3) is 0 Å². The number of rotatable bonds is 6. The topological polar surface area (TPSA) is 90.5 Å². The highest BCUT2D eigenvalue weighted by atomic mass is 16.3. The highest BCUT2D eigenvalue weighted by Crippen LogP contribution is 2.01. The SMILES string of the molecule is CCNC(=O)NC(=O)C(C)N[C@H](CO)C(C)C. The number of urea groups is 1. The molecule has 0 saturated carbocycles. The maximum Gasteiger partial charge on any atom is 0.321 e. The fraction of sp³-hybridized carbons (Fsp3) is 0.818. The predicted octanol–water partition coefficient (Wildman–Crippen LogP) is -0.173. The number of nitrogens with one attached hydrogen (secondary N) is 3. The van der Waals surface area contributed by atoms with Gasteiger partial charge in [-0.25, -0.2) is 4.79 Å². The Labute approximate surface area is 102 Å². The molecule has 17 heavy (non-hydrogen) atoms. The van der Waals surface area contributed by atoms with Crippen molar-refractivity contribution in [1.29, 1.82) is 0 Å². The van der Waals surface area contributed by atoms with E-state index in [1.165, 1.54) is 0 Å². The Bertz CT molecular complexity index is 256. The van der Waals surface area contributed by atoms with Gasteiger partial charge >= 0.3 is 6.03 Å². The van der Waals surface area contributed by atoms with Crippen LogP contribution in [0.4, 0.5) is 4.79 Å². The summed E-state index contributed by atoms with van der Waals surface area (Å²) in [6, 6.07) is -1.20. The van der Waals surface area contributed by atoms with Gasteiger partial charge in [-0.2, -0.15) is 0 Å². The van der Waals surface area contributed by atoms with Crippen LogP contribution in [0.3, 0.4) is 0 Å². The summed E-state index contributed by atoms with van der Waals surface area (Å²) < 4.78 is 0. The van der Waals surface area contributed by atoms with Gasteiger partial charge in [-0.15, -0.1) is 0 Å². The van der Waals surface area contributed by atoms with Crippen molar-refractivity contribution in [3.05, 3.63) is 0 Å². The average molecular weight is 245 g/mol. The number of hydrogen-bond donors (Lipinski definition) is 4. The fourth-order valence-corrected chi connectivity index (χ4v) is 1.28. The second kappa shape index (κ2) is 8.03. The van der Waals surface area contributed by atoms with E-state index < -0.39 is 18.0 Å². The van der Waals surface area contributed by atoms with Gasteiger partial charge in [0.05, 0.1) is 12.6 Å². The number of carbonyl (C=O) groups excluding carboxylic acids is 2. The van der Waals surface area contributed by atoms with Crippen molar-refractivity contribution in [2.45, 2.75) is 39.8 Å². The van der Waals surface area contributed by atoms with Gasteiger partial charge in [0.15, 0.2) is 0 Å². The van der Waals surface area contributed by atoms with Crippen LogP contribution in [0.5, 0.6) is 0 Å². The third-order valence-electron chi connectivity index (χ3n) is 2.43. The first-order chi connectivity index (χ1) is 7.92. The standard InChI is InChI=1S/C11H23N3O3/c1-5-12-11(17)14-10(16)8(4)13-9(6-15)7(2)3/h7-9,13,15H,5-6H2,1-4H3,(H2,12,14,16,17)/t8?,9-/m1/s1. The molecular formula is C11H23N3O3. The Hall–Kier alpha value is -1.14. The third-order valence-corrected chi connectivity index (χ3v) is 2.43. The Morgan fingerprint density at radius 2 is 1.82 bits per heavy atom. The summed E-state index contributed by atoms with van der Waals surface area (Å²) >= 11 is 0. The summed E-state index contributed by atoms with van der Waals surface area (Å²) in [7, 11) is 0. The van der Waals surface area contributed by atoms with Crippen LogP contribution in [-0.4, -0.2) is 42.3 Å². The monoisotopic (exact) mass is 245 g/mol. The Balaban J connectivity index is 4.17. The zero-order chi connectivity index (χ0) is 13.4. The van der Waals surface area contributed by atoms with Crippen molar-refractivity contribution in [2.75, 3.05) is 13.2 Å². The van der Waals surface area contributed by atoms with E-state index in [-0.39, 0.29) is 18.6 Å². The van der Waals surface area contributed by atoms with Gasteiger partial charge in [-0.05, 0) is 19.8 Å². The molecule has 3 amide bonds. The van der Waals surface area contributed by atoms with Crippen molar-refractivity contribution in [3.8, 4) is 0 Å². The first-order valence-electron chi connectivity index (χ1n) is 5.87. The molecule has 100 valence electrons. The number of aliphatic hydroxyl groups excluding tert-OH is 1. The van der Waals surface area contributed by atoms with Gasteiger partial charge in [0.2, 0.25) is 5.91 Å². The molecule has 0 rings (SSSR count). The Morgan fingerprint density at radius 1 is 1.24 bits per heavy atom. The average Bonchev–Trinajstić information content (AvgIpc) is 2.25. The highest BCUT2D eigenvalue weighted by molar-refractivity contribution is 5.96. The molecule has 0 aromatic carbocycles. The number of carbonyl (C=O) groups is 2. The molecule has 0 aliphatic carbocycles. The van der Waals surface area contributed by atoms with Gasteiger partial charge in [0.1, 0.15) is 0 Å². The molecule has 0 aliphatic heterocycles. The van der Waals surface area contributed by atoms with Crippen molar-refractivity contribution in [1.82, 2.24) is 16.0 Å². The molecule has 0 bridgehead atoms. The summed E-state index contributed by atoms with van der Waals surface area (Å²) in [4.78, 5) is 22.7. The van der Waals surface area contributed by atoms with E-state index in [2.05, 4.69) is 16.0 Å². The largest absolute Gasteiger partial charge is 0.395 e. The molecule has 0 saturated heterocycles. The van der Waals surface area contributed by atoms with E-state index in [1.807, 2.05) is 13.8 Å². The molecule has 2 atom stereocenters. The minimum atomic E-state index is -0.530. The Kier molecular flexibility index (Phi) is 7.49. The molecule has 0 spiro atoms. The predicted molar refractivity (Wildman–Crippen MR) is 65.5 cm³/mol. The van der Waals surface area contributed by atoms with Crippen molar-refractivity contribution in [2.24, 2.45) is 5.92 Å². The quantitative estimate of drug-likeness (QED) is 0.523. The van der Waals surface area contributed by atoms with Crippen molar-refractivity contribution < 1.29 is 14.7 Å². The maximum absolute atomic E-state index is 11.6.